The maximum Gasteiger partial charge on any atom is 0.321 e. The molecule has 46 heavy (non-hydrogen) atoms. The van der Waals surface area contributed by atoms with E-state index in [4.69, 9.17) is 19.7 Å². The van der Waals surface area contributed by atoms with Crippen LogP contribution in [0.25, 0.3) is 22.6 Å². The first kappa shape index (κ1) is 30.3. The highest BCUT2D eigenvalue weighted by Gasteiger charge is 2.45. The van der Waals surface area contributed by atoms with Gasteiger partial charge in [0, 0.05) is 31.9 Å². The average molecular weight is 626 g/mol. The highest BCUT2D eigenvalue weighted by molar-refractivity contribution is 5.97. The zero-order chi connectivity index (χ0) is 31.8. The largest absolute Gasteiger partial charge is 0.461 e. The molecule has 3 aliphatic heterocycles. The number of nitrogens with zero attached hydrogens (tertiary/aromatic N) is 5. The van der Waals surface area contributed by atoms with Gasteiger partial charge in [-0.1, -0.05) is 36.4 Å². The lowest BCUT2D eigenvalue weighted by atomic mass is 9.92. The molecule has 240 valence electrons. The number of fused-ring (bicyclic) bond motifs is 3. The minimum Gasteiger partial charge on any atom is -0.461 e. The van der Waals surface area contributed by atoms with Crippen LogP contribution in [0.5, 0.6) is 6.01 Å². The number of benzene rings is 1. The van der Waals surface area contributed by atoms with Gasteiger partial charge in [0.25, 0.3) is 0 Å². The molecule has 3 saturated heterocycles. The van der Waals surface area contributed by atoms with E-state index < -0.39 is 17.8 Å². The molecule has 10 nitrogen and oxygen atoms in total. The number of carbonyl (C=O) groups is 2. The van der Waals surface area contributed by atoms with Gasteiger partial charge in [-0.25, -0.2) is 9.18 Å². The van der Waals surface area contributed by atoms with E-state index in [0.717, 1.165) is 61.0 Å². The summed E-state index contributed by atoms with van der Waals surface area (Å²) in [5.74, 6) is -0.836. The van der Waals surface area contributed by atoms with Crippen LogP contribution in [0, 0.1) is 18.7 Å². The Morgan fingerprint density at radius 3 is 2.76 bits per heavy atom. The minimum atomic E-state index is -0.545. The van der Waals surface area contributed by atoms with Crippen molar-refractivity contribution in [2.75, 3.05) is 44.7 Å². The predicted molar refractivity (Wildman–Crippen MR) is 175 cm³/mol. The number of allylic oxidation sites excluding steroid dienone is 2. The average Bonchev–Trinajstić information content (AvgIpc) is 3.58. The summed E-state index contributed by atoms with van der Waals surface area (Å²) in [4.78, 5) is 43.5. The summed E-state index contributed by atoms with van der Waals surface area (Å²) in [6.45, 7) is 5.53. The van der Waals surface area contributed by atoms with Crippen molar-refractivity contribution in [2.24, 2.45) is 5.92 Å². The standard InChI is InChI=1S/C35H40FN7O3/c1-22-9-5-11-23-10-3-4-13-25(27(22)23)29-28(36)30-26(19-38-29)31(42-16-6-12-24(20-42)32(44)41-33(45)37-2)40-34(39-30)46-21-35-14-7-17-43(35)18-8-15-35/h3,5,9-11,13,19,24H,4,6-8,12,14-18,20-21H2,1-2H3,(H2,37,41,44,45). The van der Waals surface area contributed by atoms with Crippen LogP contribution in [0.3, 0.4) is 0 Å². The van der Waals surface area contributed by atoms with Gasteiger partial charge in [-0.15, -0.1) is 0 Å². The zero-order valence-electron chi connectivity index (χ0n) is 26.4. The van der Waals surface area contributed by atoms with Crippen LogP contribution in [0.2, 0.25) is 0 Å². The monoisotopic (exact) mass is 625 g/mol. The summed E-state index contributed by atoms with van der Waals surface area (Å²) >= 11 is 0. The lowest BCUT2D eigenvalue weighted by Crippen LogP contribution is -2.47. The molecule has 7 rings (SSSR count). The fourth-order valence-corrected chi connectivity index (χ4v) is 7.73. The first-order chi connectivity index (χ1) is 22.4. The number of imide groups is 1. The number of hydrogen-bond acceptors (Lipinski definition) is 8. The zero-order valence-corrected chi connectivity index (χ0v) is 26.4. The second-order valence-electron chi connectivity index (χ2n) is 12.9. The summed E-state index contributed by atoms with van der Waals surface area (Å²) in [5, 5.41) is 5.29. The van der Waals surface area contributed by atoms with E-state index >= 15 is 4.39 Å². The smallest absolute Gasteiger partial charge is 0.321 e. The third kappa shape index (κ3) is 5.50. The van der Waals surface area contributed by atoms with Gasteiger partial charge in [-0.05, 0) is 81.6 Å². The van der Waals surface area contributed by atoms with Gasteiger partial charge in [-0.3, -0.25) is 20.0 Å². The van der Waals surface area contributed by atoms with Crippen LogP contribution in [-0.2, 0) is 4.79 Å². The first-order valence-electron chi connectivity index (χ1n) is 16.4. The maximum atomic E-state index is 16.9. The summed E-state index contributed by atoms with van der Waals surface area (Å²) in [7, 11) is 1.47. The Morgan fingerprint density at radius 2 is 1.96 bits per heavy atom. The van der Waals surface area contributed by atoms with Gasteiger partial charge in [0.15, 0.2) is 5.82 Å². The van der Waals surface area contributed by atoms with E-state index in [-0.39, 0.29) is 28.7 Å². The van der Waals surface area contributed by atoms with Crippen LogP contribution < -0.4 is 20.3 Å². The number of nitrogens with one attached hydrogen (secondary N) is 2. The second kappa shape index (κ2) is 12.4. The van der Waals surface area contributed by atoms with E-state index in [0.29, 0.717) is 50.2 Å². The summed E-state index contributed by atoms with van der Waals surface area (Å²) in [6, 6.07) is 5.64. The molecule has 11 heteroatoms. The van der Waals surface area contributed by atoms with Crippen LogP contribution in [0.4, 0.5) is 15.0 Å². The third-order valence-electron chi connectivity index (χ3n) is 10.1. The van der Waals surface area contributed by atoms with Gasteiger partial charge >= 0.3 is 12.0 Å². The van der Waals surface area contributed by atoms with Crippen molar-refractivity contribution in [1.82, 2.24) is 30.5 Å². The molecule has 2 N–H and O–H groups in total. The molecular formula is C35H40FN7O3. The number of amides is 3. The Labute approximate surface area is 268 Å². The lowest BCUT2D eigenvalue weighted by Gasteiger charge is -2.34. The molecule has 1 atom stereocenters. The molecule has 1 aromatic carbocycles. The number of urea groups is 1. The maximum absolute atomic E-state index is 16.9. The number of pyridine rings is 1. The molecule has 3 fully saturated rings. The quantitative estimate of drug-likeness (QED) is 0.394. The van der Waals surface area contributed by atoms with E-state index in [2.05, 4.69) is 27.7 Å². The number of rotatable bonds is 6. The van der Waals surface area contributed by atoms with E-state index in [9.17, 15) is 9.59 Å². The number of aromatic nitrogens is 3. The van der Waals surface area contributed by atoms with Crippen LogP contribution in [0.15, 0.2) is 36.5 Å². The summed E-state index contributed by atoms with van der Waals surface area (Å²) < 4.78 is 23.3. The van der Waals surface area contributed by atoms with Crippen molar-refractivity contribution in [1.29, 1.82) is 0 Å². The Balaban J connectivity index is 1.30. The molecule has 3 aromatic rings. The number of aryl methyl sites for hydroxylation is 1. The number of ether oxygens (including phenoxy) is 1. The molecule has 0 radical (unpaired) electrons. The van der Waals surface area contributed by atoms with E-state index in [1.54, 1.807) is 6.20 Å². The molecule has 2 aromatic heterocycles. The van der Waals surface area contributed by atoms with Gasteiger partial charge in [0.1, 0.15) is 23.6 Å². The summed E-state index contributed by atoms with van der Waals surface area (Å²) in [5.41, 5.74) is 4.08. The summed E-state index contributed by atoms with van der Waals surface area (Å²) in [6.07, 6.45) is 14.2. The highest BCUT2D eigenvalue weighted by atomic mass is 19.1. The van der Waals surface area contributed by atoms with Crippen molar-refractivity contribution in [3.63, 3.8) is 0 Å². The van der Waals surface area contributed by atoms with Crippen LogP contribution >= 0.6 is 0 Å². The van der Waals surface area contributed by atoms with Gasteiger partial charge in [-0.2, -0.15) is 9.97 Å². The number of hydrogen-bond donors (Lipinski definition) is 2. The minimum absolute atomic E-state index is 0.0337. The molecule has 0 bridgehead atoms. The number of halogens is 1. The third-order valence-corrected chi connectivity index (χ3v) is 10.1. The Kier molecular flexibility index (Phi) is 8.18. The second-order valence-corrected chi connectivity index (χ2v) is 12.9. The van der Waals surface area contributed by atoms with E-state index in [1.165, 1.54) is 7.05 Å². The van der Waals surface area contributed by atoms with Crippen molar-refractivity contribution in [2.45, 2.75) is 57.4 Å². The Hall–Kier alpha value is -4.38. The Bertz CT molecular complexity index is 1750. The number of carbonyl (C=O) groups excluding carboxylic acids is 2. The SMILES string of the molecule is CNC(=O)NC(=O)C1CCCN(c2nc(OCC34CCCN3CCC4)nc3c(F)c(C4=CCC=Cc5cccc(C)c54)ncc23)C1. The highest BCUT2D eigenvalue weighted by Crippen LogP contribution is 2.40. The van der Waals surface area contributed by atoms with Crippen molar-refractivity contribution >= 4 is 40.3 Å². The fraction of sp³-hybridized carbons (Fsp3) is 0.457. The molecule has 3 amide bonds. The molecule has 1 unspecified atom stereocenters. The molecule has 0 saturated carbocycles. The normalized spacial score (nSPS) is 20.5. The van der Waals surface area contributed by atoms with Crippen molar-refractivity contribution in [3.05, 3.63) is 64.7 Å². The van der Waals surface area contributed by atoms with Crippen molar-refractivity contribution in [3.8, 4) is 6.01 Å². The fourth-order valence-electron chi connectivity index (χ4n) is 7.73. The van der Waals surface area contributed by atoms with Crippen LogP contribution in [-0.4, -0.2) is 77.2 Å². The van der Waals surface area contributed by atoms with Gasteiger partial charge < -0.3 is 15.0 Å². The topological polar surface area (TPSA) is 113 Å². The molecular weight excluding hydrogens is 585 g/mol. The predicted octanol–water partition coefficient (Wildman–Crippen LogP) is 5.00. The number of piperidine rings is 1. The van der Waals surface area contributed by atoms with Crippen molar-refractivity contribution < 1.29 is 18.7 Å². The van der Waals surface area contributed by atoms with E-state index in [1.807, 2.05) is 36.1 Å². The number of anilines is 1. The van der Waals surface area contributed by atoms with Crippen LogP contribution in [0.1, 0.15) is 67.3 Å². The lowest BCUT2D eigenvalue weighted by molar-refractivity contribution is -0.124. The first-order valence-corrected chi connectivity index (χ1v) is 16.4. The van der Waals surface area contributed by atoms with Gasteiger partial charge in [0.05, 0.1) is 16.8 Å². The molecule has 0 spiro atoms. The molecule has 4 aliphatic rings. The van der Waals surface area contributed by atoms with Gasteiger partial charge in [0.2, 0.25) is 5.91 Å². The Morgan fingerprint density at radius 1 is 1.13 bits per heavy atom. The molecule has 5 heterocycles. The molecule has 1 aliphatic carbocycles.